The minimum atomic E-state index is -0.649. The zero-order chi connectivity index (χ0) is 17.8. The number of aliphatic hydroxyl groups excluding tert-OH is 3. The molecule has 0 saturated heterocycles. The molecular formula is C19H31FO4. The fraction of sp³-hybridized carbons (Fsp3) is 0.684. The van der Waals surface area contributed by atoms with E-state index < -0.39 is 18.3 Å². The predicted molar refractivity (Wildman–Crippen MR) is 92.5 cm³/mol. The third-order valence-electron chi connectivity index (χ3n) is 4.10. The van der Waals surface area contributed by atoms with Crippen LogP contribution in [0, 0.1) is 5.82 Å². The van der Waals surface area contributed by atoms with Crippen LogP contribution in [0.15, 0.2) is 24.3 Å². The van der Waals surface area contributed by atoms with Crippen molar-refractivity contribution in [3.05, 3.63) is 30.1 Å². The molecule has 1 aromatic carbocycles. The number of ether oxygens (including phenoxy) is 1. The Balaban J connectivity index is 1.94. The van der Waals surface area contributed by atoms with Crippen molar-refractivity contribution in [2.45, 2.75) is 76.6 Å². The minimum Gasteiger partial charge on any atom is -0.491 e. The lowest BCUT2D eigenvalue weighted by Crippen LogP contribution is -2.21. The van der Waals surface area contributed by atoms with Crippen molar-refractivity contribution in [2.24, 2.45) is 0 Å². The Bertz CT molecular complexity index is 422. The van der Waals surface area contributed by atoms with Gasteiger partial charge < -0.3 is 20.1 Å². The topological polar surface area (TPSA) is 69.9 Å². The molecule has 3 atom stereocenters. The first kappa shape index (κ1) is 20.9. The SMILES string of the molecule is C[C@H](O)[C@H](O)CCCCCCCC[C@H](O)COc1ccc(F)cc1. The van der Waals surface area contributed by atoms with Gasteiger partial charge in [-0.15, -0.1) is 0 Å². The lowest BCUT2D eigenvalue weighted by atomic mass is 10.0. The first-order valence-corrected chi connectivity index (χ1v) is 8.91. The fourth-order valence-corrected chi connectivity index (χ4v) is 2.49. The van der Waals surface area contributed by atoms with Crippen molar-refractivity contribution in [3.63, 3.8) is 0 Å². The molecule has 0 fully saturated rings. The van der Waals surface area contributed by atoms with E-state index in [2.05, 4.69) is 0 Å². The molecule has 0 radical (unpaired) electrons. The summed E-state index contributed by atoms with van der Waals surface area (Å²) in [4.78, 5) is 0. The van der Waals surface area contributed by atoms with Crippen molar-refractivity contribution in [3.8, 4) is 5.75 Å². The van der Waals surface area contributed by atoms with Crippen LogP contribution in [0.2, 0.25) is 0 Å². The van der Waals surface area contributed by atoms with Crippen LogP contribution in [0.5, 0.6) is 5.75 Å². The molecule has 24 heavy (non-hydrogen) atoms. The molecular weight excluding hydrogens is 311 g/mol. The van der Waals surface area contributed by atoms with Crippen LogP contribution in [0.3, 0.4) is 0 Å². The van der Waals surface area contributed by atoms with Crippen LogP contribution in [-0.4, -0.2) is 40.2 Å². The number of unbranched alkanes of at least 4 members (excludes halogenated alkanes) is 5. The highest BCUT2D eigenvalue weighted by Gasteiger charge is 2.09. The van der Waals surface area contributed by atoms with E-state index in [0.717, 1.165) is 38.5 Å². The molecule has 0 spiro atoms. The normalized spacial score (nSPS) is 15.0. The van der Waals surface area contributed by atoms with E-state index in [0.29, 0.717) is 18.6 Å². The average Bonchev–Trinajstić information content (AvgIpc) is 2.56. The largest absolute Gasteiger partial charge is 0.491 e. The van der Waals surface area contributed by atoms with Gasteiger partial charge in [0.2, 0.25) is 0 Å². The smallest absolute Gasteiger partial charge is 0.123 e. The summed E-state index contributed by atoms with van der Waals surface area (Å²) in [5.41, 5.74) is 0. The minimum absolute atomic E-state index is 0.225. The highest BCUT2D eigenvalue weighted by Crippen LogP contribution is 2.14. The third kappa shape index (κ3) is 9.85. The molecule has 138 valence electrons. The number of aliphatic hydroxyl groups is 3. The van der Waals surface area contributed by atoms with Crippen molar-refractivity contribution in [2.75, 3.05) is 6.61 Å². The standard InChI is InChI=1S/C19H31FO4/c1-15(21)19(23)9-7-5-3-2-4-6-8-17(22)14-24-18-12-10-16(20)11-13-18/h10-13,15,17,19,21-23H,2-9,14H2,1H3/t15-,17-,19+/m0/s1. The first-order chi connectivity index (χ1) is 11.5. The number of hydrogen-bond acceptors (Lipinski definition) is 4. The average molecular weight is 342 g/mol. The molecule has 0 bridgehead atoms. The Morgan fingerprint density at radius 3 is 2.00 bits per heavy atom. The molecule has 3 N–H and O–H groups in total. The maximum absolute atomic E-state index is 12.7. The maximum Gasteiger partial charge on any atom is 0.123 e. The van der Waals surface area contributed by atoms with Gasteiger partial charge in [0.25, 0.3) is 0 Å². The molecule has 0 aliphatic heterocycles. The highest BCUT2D eigenvalue weighted by molar-refractivity contribution is 5.22. The Morgan fingerprint density at radius 2 is 1.42 bits per heavy atom. The van der Waals surface area contributed by atoms with Crippen LogP contribution in [0.4, 0.5) is 4.39 Å². The van der Waals surface area contributed by atoms with E-state index in [-0.39, 0.29) is 12.4 Å². The Morgan fingerprint density at radius 1 is 0.875 bits per heavy atom. The summed E-state index contributed by atoms with van der Waals surface area (Å²) < 4.78 is 18.2. The second kappa shape index (κ2) is 12.2. The Hall–Kier alpha value is -1.17. The van der Waals surface area contributed by atoms with Crippen LogP contribution < -0.4 is 4.74 Å². The van der Waals surface area contributed by atoms with Crippen LogP contribution in [0.25, 0.3) is 0 Å². The van der Waals surface area contributed by atoms with Crippen LogP contribution in [-0.2, 0) is 0 Å². The highest BCUT2D eigenvalue weighted by atomic mass is 19.1. The number of hydrogen-bond donors (Lipinski definition) is 3. The second-order valence-corrected chi connectivity index (χ2v) is 6.43. The maximum atomic E-state index is 12.7. The summed E-state index contributed by atoms with van der Waals surface area (Å²) in [6.07, 6.45) is 5.79. The molecule has 5 heteroatoms. The second-order valence-electron chi connectivity index (χ2n) is 6.43. The molecule has 1 rings (SSSR count). The van der Waals surface area contributed by atoms with Gasteiger partial charge in [0, 0.05) is 0 Å². The fourth-order valence-electron chi connectivity index (χ4n) is 2.49. The first-order valence-electron chi connectivity index (χ1n) is 8.91. The van der Waals surface area contributed by atoms with E-state index in [1.54, 1.807) is 19.1 Å². The van der Waals surface area contributed by atoms with Gasteiger partial charge in [0.1, 0.15) is 18.2 Å². The van der Waals surface area contributed by atoms with Gasteiger partial charge in [-0.1, -0.05) is 38.5 Å². The van der Waals surface area contributed by atoms with E-state index in [4.69, 9.17) is 4.74 Å². The molecule has 0 amide bonds. The molecule has 0 saturated carbocycles. The molecule has 0 unspecified atom stereocenters. The van der Waals surface area contributed by atoms with E-state index in [1.165, 1.54) is 12.1 Å². The van der Waals surface area contributed by atoms with Crippen molar-refractivity contribution < 1.29 is 24.4 Å². The van der Waals surface area contributed by atoms with E-state index in [9.17, 15) is 19.7 Å². The summed E-state index contributed by atoms with van der Waals surface area (Å²) in [5.74, 6) is 0.262. The van der Waals surface area contributed by atoms with Gasteiger partial charge in [-0.05, 0) is 44.0 Å². The number of halogens is 1. The monoisotopic (exact) mass is 342 g/mol. The van der Waals surface area contributed by atoms with Crippen LogP contribution in [0.1, 0.15) is 58.3 Å². The molecule has 0 aromatic heterocycles. The zero-order valence-corrected chi connectivity index (χ0v) is 14.5. The summed E-state index contributed by atoms with van der Waals surface area (Å²) in [5, 5.41) is 28.5. The molecule has 0 aliphatic rings. The lowest BCUT2D eigenvalue weighted by molar-refractivity contribution is 0.0247. The Labute approximate surface area is 144 Å². The van der Waals surface area contributed by atoms with E-state index >= 15 is 0 Å². The number of rotatable bonds is 13. The van der Waals surface area contributed by atoms with Crippen molar-refractivity contribution in [1.29, 1.82) is 0 Å². The zero-order valence-electron chi connectivity index (χ0n) is 14.5. The summed E-state index contributed by atoms with van der Waals surface area (Å²) in [6.45, 7) is 1.83. The van der Waals surface area contributed by atoms with Gasteiger partial charge in [-0.25, -0.2) is 4.39 Å². The van der Waals surface area contributed by atoms with Gasteiger partial charge in [-0.2, -0.15) is 0 Å². The lowest BCUT2D eigenvalue weighted by Gasteiger charge is -2.13. The summed E-state index contributed by atoms with van der Waals surface area (Å²) in [6, 6.07) is 5.77. The molecule has 4 nitrogen and oxygen atoms in total. The van der Waals surface area contributed by atoms with Crippen molar-refractivity contribution in [1.82, 2.24) is 0 Å². The molecule has 1 aromatic rings. The van der Waals surface area contributed by atoms with E-state index in [1.807, 2.05) is 0 Å². The summed E-state index contributed by atoms with van der Waals surface area (Å²) >= 11 is 0. The van der Waals surface area contributed by atoms with Gasteiger partial charge in [-0.3, -0.25) is 0 Å². The molecule has 0 aliphatic carbocycles. The quantitative estimate of drug-likeness (QED) is 0.480. The Kier molecular flexibility index (Phi) is 10.6. The molecule has 0 heterocycles. The predicted octanol–water partition coefficient (Wildman–Crippen LogP) is 3.43. The van der Waals surface area contributed by atoms with Crippen LogP contribution >= 0.6 is 0 Å². The van der Waals surface area contributed by atoms with Gasteiger partial charge in [0.05, 0.1) is 18.3 Å². The van der Waals surface area contributed by atoms with Crippen molar-refractivity contribution >= 4 is 0 Å². The van der Waals surface area contributed by atoms with Gasteiger partial charge in [0.15, 0.2) is 0 Å². The van der Waals surface area contributed by atoms with Gasteiger partial charge >= 0.3 is 0 Å². The number of benzene rings is 1. The summed E-state index contributed by atoms with van der Waals surface area (Å²) in [7, 11) is 0. The third-order valence-corrected chi connectivity index (χ3v) is 4.10.